The number of halogens is 1. The highest BCUT2D eigenvalue weighted by Crippen LogP contribution is 2.34. The number of H-pyrrole nitrogens is 1. The van der Waals surface area contributed by atoms with Crippen molar-refractivity contribution in [3.63, 3.8) is 0 Å². The average molecular weight is 450 g/mol. The third kappa shape index (κ3) is 4.84. The minimum Gasteiger partial charge on any atom is -0.464 e. The molecule has 1 heterocycles. The van der Waals surface area contributed by atoms with Gasteiger partial charge in [-0.05, 0) is 73.7 Å². The van der Waals surface area contributed by atoms with E-state index in [2.05, 4.69) is 32.3 Å². The van der Waals surface area contributed by atoms with E-state index in [9.17, 15) is 14.9 Å². The number of aromatic amines is 1. The molecule has 0 unspecified atom stereocenters. The number of carbonyl (C=O) groups excluding carboxylic acids is 2. The van der Waals surface area contributed by atoms with Gasteiger partial charge in [0, 0.05) is 16.4 Å². The van der Waals surface area contributed by atoms with Crippen LogP contribution in [-0.2, 0) is 15.9 Å². The topological polar surface area (TPSA) is 104 Å². The number of aromatic nitrogens is 1. The number of nitrogens with one attached hydrogen (secondary N) is 2. The molecule has 0 aliphatic heterocycles. The lowest BCUT2D eigenvalue weighted by Crippen LogP contribution is -2.33. The zero-order valence-electron chi connectivity index (χ0n) is 16.7. The van der Waals surface area contributed by atoms with Crippen LogP contribution in [0, 0.1) is 18.3 Å². The van der Waals surface area contributed by atoms with Crippen LogP contribution in [0.3, 0.4) is 0 Å². The van der Waals surface area contributed by atoms with Crippen molar-refractivity contribution < 1.29 is 19.1 Å². The fourth-order valence-electron chi connectivity index (χ4n) is 3.01. The standard InChI is InChI=1S/C20H24BrN3O4/c1-11-15-13(7-6-8-23-19(26)28-20(2,3)4)12(10-22)9-14(21)17(15)24-16(11)18(25)27-5/h9,24H,6-8H2,1-5H3,(H,23,26). The maximum absolute atomic E-state index is 12.0. The molecule has 0 aliphatic carbocycles. The Morgan fingerprint density at radius 3 is 2.61 bits per heavy atom. The lowest BCUT2D eigenvalue weighted by atomic mass is 9.96. The number of rotatable bonds is 5. The number of esters is 1. The Bertz CT molecular complexity index is 951. The molecule has 2 rings (SSSR count). The number of fused-ring (bicyclic) bond motifs is 1. The lowest BCUT2D eigenvalue weighted by molar-refractivity contribution is 0.0526. The van der Waals surface area contributed by atoms with Gasteiger partial charge in [-0.1, -0.05) is 0 Å². The third-order valence-electron chi connectivity index (χ3n) is 4.17. The van der Waals surface area contributed by atoms with Crippen molar-refractivity contribution in [1.29, 1.82) is 5.26 Å². The molecule has 1 amide bonds. The molecule has 7 nitrogen and oxygen atoms in total. The van der Waals surface area contributed by atoms with Gasteiger partial charge < -0.3 is 19.8 Å². The summed E-state index contributed by atoms with van der Waals surface area (Å²) in [5, 5.41) is 13.1. The number of methoxy groups -OCH3 is 1. The highest BCUT2D eigenvalue weighted by Gasteiger charge is 2.21. The maximum atomic E-state index is 12.0. The van der Waals surface area contributed by atoms with Gasteiger partial charge in [0.25, 0.3) is 0 Å². The molecular weight excluding hydrogens is 426 g/mol. The van der Waals surface area contributed by atoms with Crippen LogP contribution in [0.1, 0.15) is 54.4 Å². The molecule has 150 valence electrons. The van der Waals surface area contributed by atoms with Crippen LogP contribution < -0.4 is 5.32 Å². The SMILES string of the molecule is COC(=O)c1[nH]c2c(Br)cc(C#N)c(CCCNC(=O)OC(C)(C)C)c2c1C. The lowest BCUT2D eigenvalue weighted by Gasteiger charge is -2.19. The predicted octanol–water partition coefficient (Wildman–Crippen LogP) is 4.35. The van der Waals surface area contributed by atoms with Crippen LogP contribution in [-0.4, -0.2) is 36.3 Å². The first-order chi connectivity index (χ1) is 13.1. The maximum Gasteiger partial charge on any atom is 0.407 e. The Kier molecular flexibility index (Phi) is 6.73. The van der Waals surface area contributed by atoms with Crippen molar-refractivity contribution in [3.05, 3.63) is 32.9 Å². The number of benzene rings is 1. The van der Waals surface area contributed by atoms with Crippen molar-refractivity contribution in [3.8, 4) is 6.07 Å². The zero-order valence-corrected chi connectivity index (χ0v) is 18.2. The van der Waals surface area contributed by atoms with Crippen LogP contribution in [0.4, 0.5) is 4.79 Å². The van der Waals surface area contributed by atoms with Crippen LogP contribution in [0.15, 0.2) is 10.5 Å². The summed E-state index contributed by atoms with van der Waals surface area (Å²) in [7, 11) is 1.33. The number of nitriles is 1. The number of hydrogen-bond donors (Lipinski definition) is 2. The minimum absolute atomic E-state index is 0.362. The van der Waals surface area contributed by atoms with Gasteiger partial charge in [-0.2, -0.15) is 5.26 Å². The van der Waals surface area contributed by atoms with Gasteiger partial charge in [0.2, 0.25) is 0 Å². The van der Waals surface area contributed by atoms with Gasteiger partial charge in [0.15, 0.2) is 0 Å². The first kappa shape index (κ1) is 21.8. The van der Waals surface area contributed by atoms with E-state index in [1.54, 1.807) is 26.8 Å². The Morgan fingerprint density at radius 2 is 2.04 bits per heavy atom. The van der Waals surface area contributed by atoms with Crippen molar-refractivity contribution in [2.24, 2.45) is 0 Å². The number of carbonyl (C=O) groups is 2. The number of alkyl carbamates (subject to hydrolysis) is 1. The van der Waals surface area contributed by atoms with E-state index in [0.29, 0.717) is 35.1 Å². The van der Waals surface area contributed by atoms with Crippen LogP contribution in [0.2, 0.25) is 0 Å². The second-order valence-corrected chi connectivity index (χ2v) is 8.25. The molecule has 0 bridgehead atoms. The van der Waals surface area contributed by atoms with E-state index in [-0.39, 0.29) is 0 Å². The van der Waals surface area contributed by atoms with Crippen molar-refractivity contribution >= 4 is 38.9 Å². The molecule has 1 aromatic heterocycles. The number of ether oxygens (including phenoxy) is 2. The van der Waals surface area contributed by atoms with Crippen molar-refractivity contribution in [1.82, 2.24) is 10.3 Å². The van der Waals surface area contributed by atoms with Gasteiger partial charge in [0.1, 0.15) is 11.3 Å². The first-order valence-electron chi connectivity index (χ1n) is 8.88. The van der Waals surface area contributed by atoms with E-state index in [1.807, 2.05) is 6.92 Å². The summed E-state index contributed by atoms with van der Waals surface area (Å²) in [5.74, 6) is -0.461. The fraction of sp³-hybridized carbons (Fsp3) is 0.450. The molecule has 0 fully saturated rings. The van der Waals surface area contributed by atoms with E-state index in [4.69, 9.17) is 9.47 Å². The van der Waals surface area contributed by atoms with Gasteiger partial charge in [-0.3, -0.25) is 0 Å². The van der Waals surface area contributed by atoms with E-state index in [1.165, 1.54) is 7.11 Å². The van der Waals surface area contributed by atoms with Crippen LogP contribution >= 0.6 is 15.9 Å². The molecule has 0 radical (unpaired) electrons. The zero-order chi connectivity index (χ0) is 21.1. The second-order valence-electron chi connectivity index (χ2n) is 7.40. The molecule has 0 aliphatic rings. The summed E-state index contributed by atoms with van der Waals surface area (Å²) in [6.45, 7) is 7.64. The van der Waals surface area contributed by atoms with Gasteiger partial charge in [-0.15, -0.1) is 0 Å². The second kappa shape index (κ2) is 8.65. The molecule has 0 saturated heterocycles. The molecule has 0 atom stereocenters. The van der Waals surface area contributed by atoms with E-state index >= 15 is 0 Å². The molecule has 8 heteroatoms. The molecule has 0 saturated carbocycles. The largest absolute Gasteiger partial charge is 0.464 e. The quantitative estimate of drug-likeness (QED) is 0.521. The molecule has 2 aromatic rings. The molecule has 2 N–H and O–H groups in total. The number of nitrogens with zero attached hydrogens (tertiary/aromatic N) is 1. The minimum atomic E-state index is -0.553. The number of hydrogen-bond acceptors (Lipinski definition) is 5. The smallest absolute Gasteiger partial charge is 0.407 e. The number of amides is 1. The normalized spacial score (nSPS) is 11.2. The van der Waals surface area contributed by atoms with Crippen molar-refractivity contribution in [2.75, 3.05) is 13.7 Å². The van der Waals surface area contributed by atoms with Crippen molar-refractivity contribution in [2.45, 2.75) is 46.1 Å². The number of aryl methyl sites for hydroxylation is 2. The molecule has 1 aromatic carbocycles. The van der Waals surface area contributed by atoms with E-state index < -0.39 is 17.7 Å². The summed E-state index contributed by atoms with van der Waals surface area (Å²) in [5.41, 5.74) is 2.64. The molecular formula is C20H24BrN3O4. The summed E-state index contributed by atoms with van der Waals surface area (Å²) < 4.78 is 10.8. The Labute approximate surface area is 172 Å². The summed E-state index contributed by atoms with van der Waals surface area (Å²) in [6.07, 6.45) is 0.699. The summed E-state index contributed by atoms with van der Waals surface area (Å²) >= 11 is 3.46. The Morgan fingerprint density at radius 1 is 1.36 bits per heavy atom. The average Bonchev–Trinajstić information content (AvgIpc) is 2.96. The molecule has 28 heavy (non-hydrogen) atoms. The van der Waals surface area contributed by atoms with Gasteiger partial charge in [0.05, 0.1) is 24.3 Å². The fourth-order valence-corrected chi connectivity index (χ4v) is 3.53. The highest BCUT2D eigenvalue weighted by atomic mass is 79.9. The predicted molar refractivity (Wildman–Crippen MR) is 109 cm³/mol. The summed E-state index contributed by atoms with van der Waals surface area (Å²) in [4.78, 5) is 26.9. The monoisotopic (exact) mass is 449 g/mol. The highest BCUT2D eigenvalue weighted by molar-refractivity contribution is 9.10. The van der Waals surface area contributed by atoms with E-state index in [0.717, 1.165) is 22.0 Å². The van der Waals surface area contributed by atoms with Gasteiger partial charge >= 0.3 is 12.1 Å². The van der Waals surface area contributed by atoms with Gasteiger partial charge in [-0.25, -0.2) is 9.59 Å². The Balaban J connectivity index is 2.27. The molecule has 0 spiro atoms. The summed E-state index contributed by atoms with van der Waals surface area (Å²) in [6, 6.07) is 3.95. The van der Waals surface area contributed by atoms with Crippen LogP contribution in [0.5, 0.6) is 0 Å². The Hall–Kier alpha value is -2.53. The first-order valence-corrected chi connectivity index (χ1v) is 9.67. The third-order valence-corrected chi connectivity index (χ3v) is 4.79. The van der Waals surface area contributed by atoms with Crippen LogP contribution in [0.25, 0.3) is 10.9 Å².